The first kappa shape index (κ1) is 11.1. The number of halogens is 2. The van der Waals surface area contributed by atoms with Crippen molar-refractivity contribution in [3.63, 3.8) is 0 Å². The summed E-state index contributed by atoms with van der Waals surface area (Å²) < 4.78 is 14.0. The van der Waals surface area contributed by atoms with Crippen LogP contribution in [0.1, 0.15) is 10.4 Å². The zero-order chi connectivity index (χ0) is 11.7. The molecule has 82 valence electrons. The molecule has 0 radical (unpaired) electrons. The molecule has 1 aromatic carbocycles. The lowest BCUT2D eigenvalue weighted by atomic mass is 10.1. The fourth-order valence-electron chi connectivity index (χ4n) is 1.31. The lowest BCUT2D eigenvalue weighted by molar-refractivity contribution is 0.0692. The Balaban J connectivity index is 2.45. The predicted molar refractivity (Wildman–Crippen MR) is 61.7 cm³/mol. The van der Waals surface area contributed by atoms with Gasteiger partial charge in [0.05, 0.1) is 9.90 Å². The van der Waals surface area contributed by atoms with Crippen molar-refractivity contribution in [2.24, 2.45) is 0 Å². The van der Waals surface area contributed by atoms with Gasteiger partial charge >= 0.3 is 5.97 Å². The van der Waals surface area contributed by atoms with Crippen LogP contribution >= 0.6 is 22.9 Å². The van der Waals surface area contributed by atoms with E-state index < -0.39 is 11.8 Å². The minimum atomic E-state index is -1.27. The minimum Gasteiger partial charge on any atom is -0.478 e. The van der Waals surface area contributed by atoms with Crippen molar-refractivity contribution >= 4 is 28.9 Å². The molecule has 2 aromatic rings. The molecular weight excluding hydrogens is 251 g/mol. The summed E-state index contributed by atoms with van der Waals surface area (Å²) in [4.78, 5) is 11.4. The molecule has 2 rings (SSSR count). The van der Waals surface area contributed by atoms with E-state index in [0.29, 0.717) is 9.90 Å². The normalized spacial score (nSPS) is 10.4. The van der Waals surface area contributed by atoms with Gasteiger partial charge in [-0.2, -0.15) is 0 Å². The van der Waals surface area contributed by atoms with Crippen molar-refractivity contribution in [1.29, 1.82) is 0 Å². The zero-order valence-electron chi connectivity index (χ0n) is 7.91. The van der Waals surface area contributed by atoms with Crippen LogP contribution in [-0.4, -0.2) is 11.1 Å². The molecule has 0 aliphatic rings. The second kappa shape index (κ2) is 4.23. The van der Waals surface area contributed by atoms with Gasteiger partial charge in [-0.05, 0) is 29.8 Å². The fourth-order valence-corrected chi connectivity index (χ4v) is 2.35. The molecule has 16 heavy (non-hydrogen) atoms. The van der Waals surface area contributed by atoms with Gasteiger partial charge in [0.2, 0.25) is 0 Å². The molecule has 0 amide bonds. The molecule has 1 aromatic heterocycles. The molecule has 0 aliphatic heterocycles. The summed E-state index contributed by atoms with van der Waals surface area (Å²) in [6, 6.07) is 7.49. The Morgan fingerprint density at radius 1 is 1.31 bits per heavy atom. The first-order chi connectivity index (χ1) is 7.58. The Labute approximate surface area is 99.9 Å². The average molecular weight is 257 g/mol. The number of hydrogen-bond acceptors (Lipinski definition) is 2. The Hall–Kier alpha value is -1.39. The topological polar surface area (TPSA) is 37.3 Å². The molecule has 0 aliphatic carbocycles. The Morgan fingerprint density at radius 3 is 2.56 bits per heavy atom. The highest BCUT2D eigenvalue weighted by molar-refractivity contribution is 7.19. The maximum absolute atomic E-state index is 13.4. The van der Waals surface area contributed by atoms with E-state index >= 15 is 0 Å². The Bertz CT molecular complexity index is 551. The van der Waals surface area contributed by atoms with E-state index in [1.54, 1.807) is 18.2 Å². The van der Waals surface area contributed by atoms with Crippen LogP contribution in [0.4, 0.5) is 4.39 Å². The van der Waals surface area contributed by atoms with Crippen LogP contribution in [-0.2, 0) is 0 Å². The van der Waals surface area contributed by atoms with Crippen LogP contribution in [0.5, 0.6) is 0 Å². The number of carboxylic acid groups (broad SMARTS) is 1. The number of carboxylic acids is 1. The average Bonchev–Trinajstić information content (AvgIpc) is 2.64. The third-order valence-electron chi connectivity index (χ3n) is 2.06. The molecule has 0 unspecified atom stereocenters. The number of thiophene rings is 1. The molecule has 1 N–H and O–H groups in total. The molecule has 0 saturated carbocycles. The Kier molecular flexibility index (Phi) is 2.94. The van der Waals surface area contributed by atoms with Gasteiger partial charge in [-0.25, -0.2) is 9.18 Å². The van der Waals surface area contributed by atoms with Crippen molar-refractivity contribution in [2.45, 2.75) is 0 Å². The van der Waals surface area contributed by atoms with Crippen molar-refractivity contribution in [1.82, 2.24) is 0 Å². The van der Waals surface area contributed by atoms with Crippen molar-refractivity contribution < 1.29 is 14.3 Å². The summed E-state index contributed by atoms with van der Waals surface area (Å²) >= 11 is 7.08. The summed E-state index contributed by atoms with van der Waals surface area (Å²) in [5.74, 6) is -2.01. The highest BCUT2D eigenvalue weighted by Crippen LogP contribution is 2.31. The fraction of sp³-hybridized carbons (Fsp3) is 0. The van der Waals surface area contributed by atoms with Gasteiger partial charge in [0, 0.05) is 4.88 Å². The molecule has 0 spiro atoms. The van der Waals surface area contributed by atoms with E-state index in [2.05, 4.69) is 0 Å². The van der Waals surface area contributed by atoms with E-state index in [0.717, 1.165) is 4.88 Å². The second-order valence-corrected chi connectivity index (χ2v) is 4.82. The van der Waals surface area contributed by atoms with Gasteiger partial charge in [-0.3, -0.25) is 0 Å². The van der Waals surface area contributed by atoms with Gasteiger partial charge in [0.15, 0.2) is 0 Å². The standard InChI is InChI=1S/C11H6ClFO2S/c12-10-4-3-9(16-10)6-1-2-7(11(14)15)8(13)5-6/h1-5H,(H,14,15). The molecular formula is C11H6ClFO2S. The number of benzene rings is 1. The third kappa shape index (κ3) is 2.08. The van der Waals surface area contributed by atoms with E-state index in [1.807, 2.05) is 0 Å². The smallest absolute Gasteiger partial charge is 0.338 e. The van der Waals surface area contributed by atoms with Crippen LogP contribution in [0, 0.1) is 5.82 Å². The SMILES string of the molecule is O=C(O)c1ccc(-c2ccc(Cl)s2)cc1F. The Morgan fingerprint density at radius 2 is 2.06 bits per heavy atom. The monoisotopic (exact) mass is 256 g/mol. The summed E-state index contributed by atoms with van der Waals surface area (Å²) in [6.45, 7) is 0. The molecule has 0 fully saturated rings. The lowest BCUT2D eigenvalue weighted by Crippen LogP contribution is -1.99. The third-order valence-corrected chi connectivity index (χ3v) is 3.34. The van der Waals surface area contributed by atoms with Crippen LogP contribution in [0.25, 0.3) is 10.4 Å². The number of carbonyl (C=O) groups is 1. The van der Waals surface area contributed by atoms with Gasteiger partial charge in [-0.15, -0.1) is 11.3 Å². The van der Waals surface area contributed by atoms with Gasteiger partial charge in [0.25, 0.3) is 0 Å². The summed E-state index contributed by atoms with van der Waals surface area (Å²) in [5, 5.41) is 8.67. The van der Waals surface area contributed by atoms with E-state index in [4.69, 9.17) is 16.7 Å². The molecule has 0 saturated heterocycles. The van der Waals surface area contributed by atoms with Crippen molar-refractivity contribution in [2.75, 3.05) is 0 Å². The highest BCUT2D eigenvalue weighted by Gasteiger charge is 2.11. The molecule has 0 atom stereocenters. The maximum Gasteiger partial charge on any atom is 0.338 e. The molecule has 5 heteroatoms. The molecule has 2 nitrogen and oxygen atoms in total. The highest BCUT2D eigenvalue weighted by atomic mass is 35.5. The maximum atomic E-state index is 13.4. The summed E-state index contributed by atoms with van der Waals surface area (Å²) in [6.07, 6.45) is 0. The quantitative estimate of drug-likeness (QED) is 0.885. The van der Waals surface area contributed by atoms with Gasteiger partial charge < -0.3 is 5.11 Å². The summed E-state index contributed by atoms with van der Waals surface area (Å²) in [5.41, 5.74) is 0.297. The van der Waals surface area contributed by atoms with E-state index in [9.17, 15) is 9.18 Å². The van der Waals surface area contributed by atoms with Crippen LogP contribution < -0.4 is 0 Å². The first-order valence-corrected chi connectivity index (χ1v) is 5.56. The largest absolute Gasteiger partial charge is 0.478 e. The summed E-state index contributed by atoms with van der Waals surface area (Å²) in [7, 11) is 0. The number of aromatic carboxylic acids is 1. The first-order valence-electron chi connectivity index (χ1n) is 4.36. The van der Waals surface area contributed by atoms with Gasteiger partial charge in [0.1, 0.15) is 5.82 Å². The lowest BCUT2D eigenvalue weighted by Gasteiger charge is -2.00. The van der Waals surface area contributed by atoms with Crippen molar-refractivity contribution in [3.8, 4) is 10.4 Å². The number of hydrogen-bond donors (Lipinski definition) is 1. The second-order valence-electron chi connectivity index (χ2n) is 3.10. The van der Waals surface area contributed by atoms with Crippen LogP contribution in [0.3, 0.4) is 0 Å². The minimum absolute atomic E-state index is 0.327. The van der Waals surface area contributed by atoms with Crippen LogP contribution in [0.15, 0.2) is 30.3 Å². The molecule has 1 heterocycles. The van der Waals surface area contributed by atoms with Crippen molar-refractivity contribution in [3.05, 3.63) is 46.0 Å². The number of rotatable bonds is 2. The molecule has 0 bridgehead atoms. The van der Waals surface area contributed by atoms with E-state index in [-0.39, 0.29) is 5.56 Å². The predicted octanol–water partition coefficient (Wildman–Crippen LogP) is 3.91. The zero-order valence-corrected chi connectivity index (χ0v) is 9.48. The van der Waals surface area contributed by atoms with E-state index in [1.165, 1.54) is 23.5 Å². The van der Waals surface area contributed by atoms with Crippen LogP contribution in [0.2, 0.25) is 4.34 Å². The van der Waals surface area contributed by atoms with Gasteiger partial charge in [-0.1, -0.05) is 17.7 Å².